The first kappa shape index (κ1) is 14.0. The molecule has 0 unspecified atom stereocenters. The van der Waals surface area contributed by atoms with Crippen LogP contribution >= 0.6 is 15.9 Å². The highest BCUT2D eigenvalue weighted by Gasteiger charge is 2.33. The van der Waals surface area contributed by atoms with E-state index in [-0.39, 0.29) is 0 Å². The Kier molecular flexibility index (Phi) is 4.56. The molecule has 0 heterocycles. The molecule has 2 nitrogen and oxygen atoms in total. The zero-order chi connectivity index (χ0) is 13.1. The van der Waals surface area contributed by atoms with Crippen LogP contribution in [0.25, 0.3) is 0 Å². The second-order valence-corrected chi connectivity index (χ2v) is 4.45. The Bertz CT molecular complexity index is 406. The molecule has 0 fully saturated rings. The zero-order valence-electron chi connectivity index (χ0n) is 9.01. The summed E-state index contributed by atoms with van der Waals surface area (Å²) < 4.78 is 37.8. The van der Waals surface area contributed by atoms with Crippen molar-refractivity contribution in [2.24, 2.45) is 0 Å². The first-order valence-electron chi connectivity index (χ1n) is 4.88. The number of hydrogen-bond donors (Lipinski definition) is 1. The summed E-state index contributed by atoms with van der Waals surface area (Å²) in [4.78, 5) is 10.9. The van der Waals surface area contributed by atoms with Gasteiger partial charge in [0.25, 0.3) is 0 Å². The number of alkyl halides is 3. The van der Waals surface area contributed by atoms with Gasteiger partial charge >= 0.3 is 6.18 Å². The molecule has 0 saturated carbocycles. The number of halogens is 4. The lowest BCUT2D eigenvalue weighted by Gasteiger charge is -2.21. The van der Waals surface area contributed by atoms with Gasteiger partial charge in [-0.3, -0.25) is 4.79 Å². The van der Waals surface area contributed by atoms with Gasteiger partial charge < -0.3 is 5.32 Å². The second-order valence-electron chi connectivity index (χ2n) is 3.59. The molecule has 17 heavy (non-hydrogen) atoms. The summed E-state index contributed by atoms with van der Waals surface area (Å²) in [6.07, 6.45) is -5.42. The molecule has 1 atom stereocenters. The van der Waals surface area contributed by atoms with Crippen LogP contribution in [0.5, 0.6) is 0 Å². The maximum absolute atomic E-state index is 12.4. The van der Waals surface area contributed by atoms with Crippen molar-refractivity contribution in [3.63, 3.8) is 0 Å². The van der Waals surface area contributed by atoms with Crippen molar-refractivity contribution in [1.29, 1.82) is 0 Å². The van der Waals surface area contributed by atoms with Gasteiger partial charge in [-0.2, -0.15) is 13.2 Å². The fourth-order valence-corrected chi connectivity index (χ4v) is 2.03. The molecule has 0 radical (unpaired) electrons. The summed E-state index contributed by atoms with van der Waals surface area (Å²) in [5.41, 5.74) is 0.417. The number of amides is 1. The molecular formula is C11H11BrF3NO. The number of benzene rings is 1. The van der Waals surface area contributed by atoms with E-state index in [4.69, 9.17) is 0 Å². The van der Waals surface area contributed by atoms with Crippen LogP contribution in [0, 0.1) is 0 Å². The maximum Gasteiger partial charge on any atom is 0.391 e. The highest BCUT2D eigenvalue weighted by atomic mass is 79.9. The molecule has 1 amide bonds. The molecule has 1 aromatic carbocycles. The molecule has 0 aliphatic rings. The minimum absolute atomic E-state index is 0.417. The Morgan fingerprint density at radius 2 is 2.00 bits per heavy atom. The Balaban J connectivity index is 2.98. The third kappa shape index (κ3) is 4.77. The zero-order valence-corrected chi connectivity index (χ0v) is 10.6. The van der Waals surface area contributed by atoms with Crippen molar-refractivity contribution in [3.8, 4) is 0 Å². The molecule has 0 spiro atoms. The Labute approximate surface area is 105 Å². The van der Waals surface area contributed by atoms with Gasteiger partial charge in [0, 0.05) is 11.4 Å². The van der Waals surface area contributed by atoms with Crippen LogP contribution in [0.4, 0.5) is 13.2 Å². The van der Waals surface area contributed by atoms with Crippen LogP contribution in [-0.4, -0.2) is 12.1 Å². The number of carbonyl (C=O) groups excluding carboxylic acids is 1. The number of hydrogen-bond acceptors (Lipinski definition) is 1. The van der Waals surface area contributed by atoms with Crippen molar-refractivity contribution >= 4 is 21.8 Å². The van der Waals surface area contributed by atoms with E-state index >= 15 is 0 Å². The number of carbonyl (C=O) groups is 1. The molecule has 1 N–H and O–H groups in total. The maximum atomic E-state index is 12.4. The molecular weight excluding hydrogens is 299 g/mol. The molecule has 0 aromatic heterocycles. The van der Waals surface area contributed by atoms with Crippen molar-refractivity contribution in [3.05, 3.63) is 34.3 Å². The van der Waals surface area contributed by atoms with Crippen molar-refractivity contribution in [2.45, 2.75) is 25.6 Å². The van der Waals surface area contributed by atoms with Crippen molar-refractivity contribution in [2.75, 3.05) is 0 Å². The second kappa shape index (κ2) is 5.53. The van der Waals surface area contributed by atoms with Crippen LogP contribution in [-0.2, 0) is 4.79 Å². The molecule has 6 heteroatoms. The van der Waals surface area contributed by atoms with Crippen LogP contribution in [0.1, 0.15) is 24.9 Å². The normalized spacial score (nSPS) is 13.2. The predicted molar refractivity (Wildman–Crippen MR) is 61.4 cm³/mol. The van der Waals surface area contributed by atoms with Gasteiger partial charge in [-0.1, -0.05) is 34.1 Å². The summed E-state index contributed by atoms with van der Waals surface area (Å²) in [7, 11) is 0. The largest absolute Gasteiger partial charge is 0.391 e. The smallest absolute Gasteiger partial charge is 0.349 e. The minimum atomic E-state index is -4.33. The van der Waals surface area contributed by atoms with Crippen LogP contribution in [0.15, 0.2) is 28.7 Å². The van der Waals surface area contributed by atoms with Gasteiger partial charge in [-0.15, -0.1) is 0 Å². The van der Waals surface area contributed by atoms with E-state index in [1.807, 2.05) is 0 Å². The van der Waals surface area contributed by atoms with Gasteiger partial charge in [0.1, 0.15) is 0 Å². The van der Waals surface area contributed by atoms with Crippen molar-refractivity contribution < 1.29 is 18.0 Å². The number of rotatable bonds is 3. The SMILES string of the molecule is CC(=O)N[C@H](CC(F)(F)F)c1ccccc1Br. The van der Waals surface area contributed by atoms with Crippen molar-refractivity contribution in [1.82, 2.24) is 5.32 Å². The molecule has 0 bridgehead atoms. The summed E-state index contributed by atoms with van der Waals surface area (Å²) in [5, 5.41) is 2.30. The molecule has 94 valence electrons. The van der Waals surface area contributed by atoms with E-state index in [9.17, 15) is 18.0 Å². The lowest BCUT2D eigenvalue weighted by Crippen LogP contribution is -2.30. The molecule has 1 rings (SSSR count). The monoisotopic (exact) mass is 309 g/mol. The quantitative estimate of drug-likeness (QED) is 0.908. The fraction of sp³-hybridized carbons (Fsp3) is 0.364. The highest BCUT2D eigenvalue weighted by Crippen LogP contribution is 2.32. The summed E-state index contributed by atoms with van der Waals surface area (Å²) in [5.74, 6) is -0.491. The molecule has 1 aromatic rings. The first-order valence-corrected chi connectivity index (χ1v) is 5.67. The Morgan fingerprint density at radius 1 is 1.41 bits per heavy atom. The van der Waals surface area contributed by atoms with Gasteiger partial charge in [0.05, 0.1) is 12.5 Å². The van der Waals surface area contributed by atoms with E-state index < -0.39 is 24.5 Å². The molecule has 0 aliphatic heterocycles. The van der Waals surface area contributed by atoms with E-state index in [1.165, 1.54) is 6.92 Å². The molecule has 0 aliphatic carbocycles. The standard InChI is InChI=1S/C11H11BrF3NO/c1-7(17)16-10(6-11(13,14)15)8-4-2-3-5-9(8)12/h2-5,10H,6H2,1H3,(H,16,17)/t10-/m1/s1. The average molecular weight is 310 g/mol. The third-order valence-corrected chi connectivity index (χ3v) is 2.82. The van der Waals surface area contributed by atoms with Crippen LogP contribution in [0.2, 0.25) is 0 Å². The highest BCUT2D eigenvalue weighted by molar-refractivity contribution is 9.10. The Morgan fingerprint density at radius 3 is 2.47 bits per heavy atom. The fourth-order valence-electron chi connectivity index (χ4n) is 1.47. The minimum Gasteiger partial charge on any atom is -0.349 e. The van der Waals surface area contributed by atoms with Crippen LogP contribution in [0.3, 0.4) is 0 Å². The van der Waals surface area contributed by atoms with Crippen LogP contribution < -0.4 is 5.32 Å². The molecule has 0 saturated heterocycles. The summed E-state index contributed by atoms with van der Waals surface area (Å²) >= 11 is 3.18. The van der Waals surface area contributed by atoms with Gasteiger partial charge in [0.15, 0.2) is 0 Å². The summed E-state index contributed by atoms with van der Waals surface area (Å²) in [6, 6.07) is 5.46. The van der Waals surface area contributed by atoms with Gasteiger partial charge in [-0.25, -0.2) is 0 Å². The van der Waals surface area contributed by atoms with Gasteiger partial charge in [0.2, 0.25) is 5.91 Å². The average Bonchev–Trinajstić information content (AvgIpc) is 2.14. The van der Waals surface area contributed by atoms with Gasteiger partial charge in [-0.05, 0) is 11.6 Å². The number of nitrogens with one attached hydrogen (secondary N) is 1. The Hall–Kier alpha value is -1.04. The summed E-state index contributed by atoms with van der Waals surface area (Å²) in [6.45, 7) is 1.19. The predicted octanol–water partition coefficient (Wildman–Crippen LogP) is 3.58. The lowest BCUT2D eigenvalue weighted by atomic mass is 10.0. The topological polar surface area (TPSA) is 29.1 Å². The first-order chi connectivity index (χ1) is 7.79. The van der Waals surface area contributed by atoms with E-state index in [0.717, 1.165) is 0 Å². The third-order valence-electron chi connectivity index (χ3n) is 2.09. The van der Waals surface area contributed by atoms with E-state index in [2.05, 4.69) is 21.2 Å². The van der Waals surface area contributed by atoms with E-state index in [1.54, 1.807) is 24.3 Å². The lowest BCUT2D eigenvalue weighted by molar-refractivity contribution is -0.142. The van der Waals surface area contributed by atoms with E-state index in [0.29, 0.717) is 10.0 Å².